The summed E-state index contributed by atoms with van der Waals surface area (Å²) < 4.78 is 5.63. The molecule has 3 rings (SSSR count). The summed E-state index contributed by atoms with van der Waals surface area (Å²) >= 11 is 6.10. The van der Waals surface area contributed by atoms with Crippen molar-refractivity contribution in [2.24, 2.45) is 0 Å². The van der Waals surface area contributed by atoms with E-state index < -0.39 is 5.91 Å². The molecule has 0 saturated carbocycles. The summed E-state index contributed by atoms with van der Waals surface area (Å²) in [5, 5.41) is 15.4. The molecule has 2 amide bonds. The van der Waals surface area contributed by atoms with Gasteiger partial charge < -0.3 is 15.4 Å². The molecule has 0 aliphatic heterocycles. The van der Waals surface area contributed by atoms with E-state index in [1.165, 1.54) is 6.08 Å². The van der Waals surface area contributed by atoms with Crippen LogP contribution in [-0.2, 0) is 9.59 Å². The standard InChI is InChI=1S/C25H20ClN3O3/c1-17-7-5-6-10-22(17)29-25(31)19(15-27)13-18-14-20(26)11-12-23(18)32-16-24(30)28-21-8-3-2-4-9-21/h2-14H,16H2,1H3,(H,28,30)(H,29,31)/b19-13+. The van der Waals surface area contributed by atoms with Crippen LogP contribution in [0.25, 0.3) is 6.08 Å². The molecule has 0 aliphatic carbocycles. The smallest absolute Gasteiger partial charge is 0.266 e. The Balaban J connectivity index is 1.76. The molecule has 7 heteroatoms. The molecule has 0 aliphatic rings. The van der Waals surface area contributed by atoms with Crippen LogP contribution in [0.1, 0.15) is 11.1 Å². The van der Waals surface area contributed by atoms with Gasteiger partial charge in [0.05, 0.1) is 0 Å². The van der Waals surface area contributed by atoms with Crippen LogP contribution in [0.3, 0.4) is 0 Å². The number of nitriles is 1. The molecule has 160 valence electrons. The Morgan fingerprint density at radius 2 is 1.75 bits per heavy atom. The lowest BCUT2D eigenvalue weighted by Gasteiger charge is -2.11. The molecule has 0 bridgehead atoms. The van der Waals surface area contributed by atoms with E-state index in [1.54, 1.807) is 42.5 Å². The number of para-hydroxylation sites is 2. The second kappa shape index (κ2) is 10.8. The van der Waals surface area contributed by atoms with Crippen molar-refractivity contribution in [3.63, 3.8) is 0 Å². The largest absolute Gasteiger partial charge is 0.483 e. The van der Waals surface area contributed by atoms with E-state index in [2.05, 4.69) is 10.6 Å². The minimum atomic E-state index is -0.561. The number of hydrogen-bond donors (Lipinski definition) is 2. The van der Waals surface area contributed by atoms with Crippen molar-refractivity contribution in [2.75, 3.05) is 17.2 Å². The van der Waals surface area contributed by atoms with Gasteiger partial charge in [-0.25, -0.2) is 0 Å². The Morgan fingerprint density at radius 1 is 1.03 bits per heavy atom. The average Bonchev–Trinajstić information content (AvgIpc) is 2.79. The van der Waals surface area contributed by atoms with Crippen LogP contribution in [-0.4, -0.2) is 18.4 Å². The van der Waals surface area contributed by atoms with Gasteiger partial charge in [0, 0.05) is 22.0 Å². The molecular weight excluding hydrogens is 426 g/mol. The summed E-state index contributed by atoms with van der Waals surface area (Å²) in [6.07, 6.45) is 1.38. The Kier molecular flexibility index (Phi) is 7.63. The van der Waals surface area contributed by atoms with Gasteiger partial charge in [0.2, 0.25) is 0 Å². The highest BCUT2D eigenvalue weighted by Crippen LogP contribution is 2.26. The van der Waals surface area contributed by atoms with Crippen LogP contribution >= 0.6 is 11.6 Å². The third kappa shape index (κ3) is 6.21. The van der Waals surface area contributed by atoms with Crippen molar-refractivity contribution in [3.05, 3.63) is 94.5 Å². The maximum Gasteiger partial charge on any atom is 0.266 e. The number of halogens is 1. The predicted octanol–water partition coefficient (Wildman–Crippen LogP) is 5.21. The van der Waals surface area contributed by atoms with E-state index >= 15 is 0 Å². The Morgan fingerprint density at radius 3 is 2.47 bits per heavy atom. The van der Waals surface area contributed by atoms with Crippen LogP contribution in [0.5, 0.6) is 5.75 Å². The number of aryl methyl sites for hydroxylation is 1. The zero-order valence-electron chi connectivity index (χ0n) is 17.3. The molecule has 0 heterocycles. The first-order valence-corrected chi connectivity index (χ1v) is 10.1. The monoisotopic (exact) mass is 445 g/mol. The number of amides is 2. The van der Waals surface area contributed by atoms with E-state index in [-0.39, 0.29) is 18.1 Å². The Hall–Kier alpha value is -4.08. The molecule has 0 saturated heterocycles. The number of carbonyl (C=O) groups is 2. The lowest BCUT2D eigenvalue weighted by molar-refractivity contribution is -0.118. The molecular formula is C25H20ClN3O3. The average molecular weight is 446 g/mol. The summed E-state index contributed by atoms with van der Waals surface area (Å²) in [4.78, 5) is 24.8. The van der Waals surface area contributed by atoms with Gasteiger partial charge in [0.1, 0.15) is 17.4 Å². The second-order valence-electron chi connectivity index (χ2n) is 6.82. The molecule has 2 N–H and O–H groups in total. The summed E-state index contributed by atoms with van der Waals surface area (Å²) in [5.74, 6) is -0.595. The number of carbonyl (C=O) groups excluding carboxylic acids is 2. The highest BCUT2D eigenvalue weighted by molar-refractivity contribution is 6.30. The molecule has 0 unspecified atom stereocenters. The van der Waals surface area contributed by atoms with E-state index in [1.807, 2.05) is 43.3 Å². The van der Waals surface area contributed by atoms with Gasteiger partial charge in [-0.2, -0.15) is 5.26 Å². The zero-order chi connectivity index (χ0) is 22.9. The highest BCUT2D eigenvalue weighted by atomic mass is 35.5. The maximum atomic E-state index is 12.6. The van der Waals surface area contributed by atoms with Gasteiger partial charge in [-0.15, -0.1) is 0 Å². The van der Waals surface area contributed by atoms with Crippen molar-refractivity contribution >= 4 is 40.9 Å². The number of hydrogen-bond acceptors (Lipinski definition) is 4. The molecule has 0 radical (unpaired) electrons. The quantitative estimate of drug-likeness (QED) is 0.385. The topological polar surface area (TPSA) is 91.2 Å². The third-order valence-corrected chi connectivity index (χ3v) is 4.68. The van der Waals surface area contributed by atoms with Crippen molar-refractivity contribution < 1.29 is 14.3 Å². The first kappa shape index (κ1) is 22.6. The molecule has 32 heavy (non-hydrogen) atoms. The van der Waals surface area contributed by atoms with E-state index in [0.29, 0.717) is 27.7 Å². The second-order valence-corrected chi connectivity index (χ2v) is 7.26. The van der Waals surface area contributed by atoms with Crippen LogP contribution in [0.15, 0.2) is 78.4 Å². The molecule has 6 nitrogen and oxygen atoms in total. The fraction of sp³-hybridized carbons (Fsp3) is 0.0800. The fourth-order valence-corrected chi connectivity index (χ4v) is 3.01. The molecule has 3 aromatic rings. The van der Waals surface area contributed by atoms with Gasteiger partial charge >= 0.3 is 0 Å². The minimum absolute atomic E-state index is 0.130. The Labute approximate surface area is 191 Å². The van der Waals surface area contributed by atoms with Gasteiger partial charge in [-0.3, -0.25) is 9.59 Å². The van der Waals surface area contributed by atoms with Crippen molar-refractivity contribution in [2.45, 2.75) is 6.92 Å². The van der Waals surface area contributed by atoms with Gasteiger partial charge in [-0.05, 0) is 55.0 Å². The van der Waals surface area contributed by atoms with E-state index in [4.69, 9.17) is 16.3 Å². The highest BCUT2D eigenvalue weighted by Gasteiger charge is 2.13. The van der Waals surface area contributed by atoms with Crippen LogP contribution in [0, 0.1) is 18.3 Å². The van der Waals surface area contributed by atoms with E-state index in [9.17, 15) is 14.9 Å². The number of anilines is 2. The number of nitrogens with zero attached hydrogens (tertiary/aromatic N) is 1. The van der Waals surface area contributed by atoms with Gasteiger partial charge in [-0.1, -0.05) is 48.0 Å². The SMILES string of the molecule is Cc1ccccc1NC(=O)/C(C#N)=C/c1cc(Cl)ccc1OCC(=O)Nc1ccccc1. The summed E-state index contributed by atoms with van der Waals surface area (Å²) in [6, 6.07) is 22.9. The van der Waals surface area contributed by atoms with Gasteiger partial charge in [0.15, 0.2) is 6.61 Å². The normalized spacial score (nSPS) is 10.7. The summed E-state index contributed by atoms with van der Waals surface area (Å²) in [7, 11) is 0. The lowest BCUT2D eigenvalue weighted by atomic mass is 10.1. The molecule has 3 aromatic carbocycles. The number of benzene rings is 3. The molecule has 0 fully saturated rings. The number of ether oxygens (including phenoxy) is 1. The van der Waals surface area contributed by atoms with Crippen molar-refractivity contribution in [1.29, 1.82) is 5.26 Å². The van der Waals surface area contributed by atoms with Crippen LogP contribution in [0.2, 0.25) is 5.02 Å². The summed E-state index contributed by atoms with van der Waals surface area (Å²) in [5.41, 5.74) is 2.40. The minimum Gasteiger partial charge on any atom is -0.483 e. The zero-order valence-corrected chi connectivity index (χ0v) is 18.0. The third-order valence-electron chi connectivity index (χ3n) is 4.45. The van der Waals surface area contributed by atoms with Gasteiger partial charge in [0.25, 0.3) is 11.8 Å². The first-order chi connectivity index (χ1) is 15.5. The molecule has 0 spiro atoms. The number of rotatable bonds is 7. The van der Waals surface area contributed by atoms with Crippen LogP contribution in [0.4, 0.5) is 11.4 Å². The van der Waals surface area contributed by atoms with E-state index in [0.717, 1.165) is 5.56 Å². The lowest BCUT2D eigenvalue weighted by Crippen LogP contribution is -2.20. The predicted molar refractivity (Wildman–Crippen MR) is 125 cm³/mol. The summed E-state index contributed by atoms with van der Waals surface area (Å²) in [6.45, 7) is 1.60. The van der Waals surface area contributed by atoms with Crippen LogP contribution < -0.4 is 15.4 Å². The first-order valence-electron chi connectivity index (χ1n) is 9.72. The van der Waals surface area contributed by atoms with Crippen molar-refractivity contribution in [1.82, 2.24) is 0 Å². The molecule has 0 aromatic heterocycles. The fourth-order valence-electron chi connectivity index (χ4n) is 2.83. The van der Waals surface area contributed by atoms with Crippen molar-refractivity contribution in [3.8, 4) is 11.8 Å². The number of nitrogens with one attached hydrogen (secondary N) is 2. The maximum absolute atomic E-state index is 12.6. The Bertz CT molecular complexity index is 1200. The molecule has 0 atom stereocenters.